The molecule has 0 aliphatic rings. The van der Waals surface area contributed by atoms with E-state index >= 15 is 0 Å². The van der Waals surface area contributed by atoms with E-state index in [4.69, 9.17) is 5.73 Å². The normalized spacial score (nSPS) is 11.1. The number of nitrogen functional groups attached to an aromatic ring is 1. The van der Waals surface area contributed by atoms with Gasteiger partial charge in [-0.25, -0.2) is 19.7 Å². The Balaban J connectivity index is 2.30. The number of thioether (sulfide) groups is 1. The summed E-state index contributed by atoms with van der Waals surface area (Å²) in [4.78, 5) is 26.2. The number of carboxylic acid groups (broad SMARTS) is 1. The van der Waals surface area contributed by atoms with Crippen molar-refractivity contribution in [3.05, 3.63) is 18.2 Å². The van der Waals surface area contributed by atoms with Crippen LogP contribution in [0.3, 0.4) is 0 Å². The Hall–Kier alpha value is -2.62. The summed E-state index contributed by atoms with van der Waals surface area (Å²) in [6.45, 7) is 0. The predicted octanol–water partition coefficient (Wildman–Crippen LogP) is 0.541. The zero-order valence-corrected chi connectivity index (χ0v) is 11.0. The third-order valence-electron chi connectivity index (χ3n) is 2.70. The van der Waals surface area contributed by atoms with Crippen molar-refractivity contribution in [1.29, 1.82) is 0 Å². The highest BCUT2D eigenvalue weighted by molar-refractivity contribution is 7.98. The summed E-state index contributed by atoms with van der Waals surface area (Å²) in [5, 5.41) is 13.7. The standard InChI is InChI=1S/C10H9N7O2S/c1-20-9-4(10(18)19)6(11)17(16-9)8-5-7(13-2-12-5)14-3-15-8/h2-3H,11H2,1H3,(H,18,19)(H,12,13,14,15). The maximum absolute atomic E-state index is 11.3. The van der Waals surface area contributed by atoms with E-state index in [0.717, 1.165) is 0 Å². The smallest absolute Gasteiger partial charge is 0.342 e. The number of nitrogens with zero attached hydrogens (tertiary/aromatic N) is 5. The number of carboxylic acids is 1. The van der Waals surface area contributed by atoms with Crippen LogP contribution in [0.1, 0.15) is 10.4 Å². The second kappa shape index (κ2) is 4.49. The van der Waals surface area contributed by atoms with E-state index in [1.165, 1.54) is 29.1 Å². The van der Waals surface area contributed by atoms with Crippen LogP contribution < -0.4 is 5.73 Å². The third-order valence-corrected chi connectivity index (χ3v) is 3.37. The van der Waals surface area contributed by atoms with Crippen molar-refractivity contribution in [2.75, 3.05) is 12.0 Å². The second-order valence-electron chi connectivity index (χ2n) is 3.78. The van der Waals surface area contributed by atoms with Gasteiger partial charge in [0.25, 0.3) is 0 Å². The summed E-state index contributed by atoms with van der Waals surface area (Å²) >= 11 is 1.20. The Kier molecular flexibility index (Phi) is 2.79. The van der Waals surface area contributed by atoms with Crippen LogP contribution in [0.2, 0.25) is 0 Å². The van der Waals surface area contributed by atoms with Crippen molar-refractivity contribution in [2.45, 2.75) is 5.03 Å². The number of nitrogens with one attached hydrogen (secondary N) is 1. The Morgan fingerprint density at radius 1 is 1.45 bits per heavy atom. The van der Waals surface area contributed by atoms with E-state index in [1.54, 1.807) is 6.26 Å². The minimum absolute atomic E-state index is 0.0106. The van der Waals surface area contributed by atoms with Crippen molar-refractivity contribution in [3.8, 4) is 5.82 Å². The summed E-state index contributed by atoms with van der Waals surface area (Å²) < 4.78 is 1.28. The van der Waals surface area contributed by atoms with Crippen LogP contribution in [0, 0.1) is 0 Å². The Bertz CT molecular complexity index is 809. The Labute approximate surface area is 116 Å². The van der Waals surface area contributed by atoms with Crippen LogP contribution in [0.15, 0.2) is 17.7 Å². The van der Waals surface area contributed by atoms with Crippen LogP contribution in [-0.2, 0) is 0 Å². The summed E-state index contributed by atoms with van der Waals surface area (Å²) in [5.74, 6) is -0.766. The molecule has 3 aromatic heterocycles. The lowest BCUT2D eigenvalue weighted by atomic mass is 10.3. The van der Waals surface area contributed by atoms with Crippen LogP contribution in [0.5, 0.6) is 0 Å². The van der Waals surface area contributed by atoms with E-state index in [1.807, 2.05) is 0 Å². The molecule has 0 aliphatic heterocycles. The SMILES string of the molecule is CSc1nn(-c2ncnc3nc[nH]c23)c(N)c1C(=O)O. The molecule has 0 fully saturated rings. The molecule has 0 spiro atoms. The van der Waals surface area contributed by atoms with Gasteiger partial charge in [0, 0.05) is 0 Å². The van der Waals surface area contributed by atoms with E-state index in [-0.39, 0.29) is 11.4 Å². The number of fused-ring (bicyclic) bond motifs is 1. The van der Waals surface area contributed by atoms with Gasteiger partial charge >= 0.3 is 5.97 Å². The van der Waals surface area contributed by atoms with Crippen LogP contribution in [0.25, 0.3) is 17.0 Å². The van der Waals surface area contributed by atoms with Crippen LogP contribution in [-0.4, -0.2) is 47.0 Å². The number of hydrogen-bond donors (Lipinski definition) is 3. The lowest BCUT2D eigenvalue weighted by Crippen LogP contribution is -2.08. The fourth-order valence-electron chi connectivity index (χ4n) is 1.83. The molecule has 3 rings (SSSR count). The molecule has 3 aromatic rings. The number of hydrogen-bond acceptors (Lipinski definition) is 7. The lowest BCUT2D eigenvalue weighted by molar-refractivity contribution is 0.0694. The van der Waals surface area contributed by atoms with Gasteiger partial charge in [-0.1, -0.05) is 0 Å². The first-order valence-electron chi connectivity index (χ1n) is 5.43. The van der Waals surface area contributed by atoms with Crippen molar-refractivity contribution in [2.24, 2.45) is 0 Å². The number of aromatic amines is 1. The largest absolute Gasteiger partial charge is 0.477 e. The molecule has 0 aromatic carbocycles. The summed E-state index contributed by atoms with van der Waals surface area (Å²) in [6, 6.07) is 0. The van der Waals surface area contributed by atoms with Crippen molar-refractivity contribution in [1.82, 2.24) is 29.7 Å². The summed E-state index contributed by atoms with van der Waals surface area (Å²) in [6.07, 6.45) is 4.51. The number of aromatic carboxylic acids is 1. The molecule has 10 heteroatoms. The molecule has 0 atom stereocenters. The molecule has 20 heavy (non-hydrogen) atoms. The molecule has 0 radical (unpaired) electrons. The molecule has 0 aliphatic carbocycles. The van der Waals surface area contributed by atoms with Gasteiger partial charge in [0.05, 0.1) is 6.33 Å². The number of aromatic nitrogens is 6. The zero-order chi connectivity index (χ0) is 14.3. The third kappa shape index (κ3) is 1.69. The van der Waals surface area contributed by atoms with E-state index < -0.39 is 5.97 Å². The molecule has 9 nitrogen and oxygen atoms in total. The Morgan fingerprint density at radius 3 is 2.90 bits per heavy atom. The number of anilines is 1. The molecule has 0 bridgehead atoms. The minimum Gasteiger partial charge on any atom is -0.477 e. The molecule has 0 unspecified atom stereocenters. The number of H-pyrrole nitrogens is 1. The summed E-state index contributed by atoms with van der Waals surface area (Å²) in [5.41, 5.74) is 6.83. The lowest BCUT2D eigenvalue weighted by Gasteiger charge is -2.03. The quantitative estimate of drug-likeness (QED) is 0.595. The van der Waals surface area contributed by atoms with Gasteiger partial charge in [-0.05, 0) is 6.26 Å². The van der Waals surface area contributed by atoms with Gasteiger partial charge in [0.2, 0.25) is 0 Å². The monoisotopic (exact) mass is 291 g/mol. The van der Waals surface area contributed by atoms with E-state index in [0.29, 0.717) is 22.0 Å². The average molecular weight is 291 g/mol. The first kappa shape index (κ1) is 12.4. The molecular formula is C10H9N7O2S. The topological polar surface area (TPSA) is 136 Å². The molecule has 0 amide bonds. The van der Waals surface area contributed by atoms with Gasteiger partial charge in [0.15, 0.2) is 11.5 Å². The molecule has 3 heterocycles. The van der Waals surface area contributed by atoms with Gasteiger partial charge in [-0.15, -0.1) is 11.8 Å². The van der Waals surface area contributed by atoms with E-state index in [9.17, 15) is 9.90 Å². The van der Waals surface area contributed by atoms with Crippen molar-refractivity contribution < 1.29 is 9.90 Å². The van der Waals surface area contributed by atoms with Crippen molar-refractivity contribution >= 4 is 34.7 Å². The van der Waals surface area contributed by atoms with E-state index in [2.05, 4.69) is 25.0 Å². The molecule has 0 saturated carbocycles. The fourth-order valence-corrected chi connectivity index (χ4v) is 2.39. The van der Waals surface area contributed by atoms with Gasteiger partial charge in [-0.2, -0.15) is 9.78 Å². The average Bonchev–Trinajstić information content (AvgIpc) is 3.02. The first-order valence-corrected chi connectivity index (χ1v) is 6.66. The molecule has 0 saturated heterocycles. The Morgan fingerprint density at radius 2 is 2.25 bits per heavy atom. The number of rotatable bonds is 3. The van der Waals surface area contributed by atoms with Crippen molar-refractivity contribution in [3.63, 3.8) is 0 Å². The van der Waals surface area contributed by atoms with Gasteiger partial charge in [-0.3, -0.25) is 0 Å². The molecule has 102 valence electrons. The first-order chi connectivity index (χ1) is 9.63. The number of imidazole rings is 1. The number of nitrogens with two attached hydrogens (primary N) is 1. The molecule has 4 N–H and O–H groups in total. The zero-order valence-electron chi connectivity index (χ0n) is 10.2. The predicted molar refractivity (Wildman–Crippen MR) is 72.0 cm³/mol. The highest BCUT2D eigenvalue weighted by atomic mass is 32.2. The summed E-state index contributed by atoms with van der Waals surface area (Å²) in [7, 11) is 0. The second-order valence-corrected chi connectivity index (χ2v) is 4.58. The fraction of sp³-hybridized carbons (Fsp3) is 0.100. The molecular weight excluding hydrogens is 282 g/mol. The van der Waals surface area contributed by atoms with Crippen LogP contribution >= 0.6 is 11.8 Å². The highest BCUT2D eigenvalue weighted by Gasteiger charge is 2.23. The van der Waals surface area contributed by atoms with Crippen LogP contribution in [0.4, 0.5) is 5.82 Å². The maximum Gasteiger partial charge on any atom is 0.342 e. The highest BCUT2D eigenvalue weighted by Crippen LogP contribution is 2.28. The minimum atomic E-state index is -1.13. The maximum atomic E-state index is 11.3. The number of carbonyl (C=O) groups is 1. The van der Waals surface area contributed by atoms with Gasteiger partial charge < -0.3 is 15.8 Å². The van der Waals surface area contributed by atoms with Gasteiger partial charge in [0.1, 0.15) is 28.3 Å².